The van der Waals surface area contributed by atoms with E-state index in [0.717, 1.165) is 13.2 Å². The Morgan fingerprint density at radius 3 is 2.50 bits per heavy atom. The Bertz CT molecular complexity index is 190. The van der Waals surface area contributed by atoms with Crippen molar-refractivity contribution in [3.8, 4) is 0 Å². The van der Waals surface area contributed by atoms with Gasteiger partial charge in [-0.3, -0.25) is 9.63 Å². The number of hydroxylamine groups is 2. The average Bonchev–Trinajstić information content (AvgIpc) is 2.11. The smallest absolute Gasteiger partial charge is 0.441 e. The van der Waals surface area contributed by atoms with E-state index >= 15 is 0 Å². The van der Waals surface area contributed by atoms with E-state index in [0.29, 0.717) is 5.06 Å². The van der Waals surface area contributed by atoms with Crippen molar-refractivity contribution in [1.82, 2.24) is 5.06 Å². The van der Waals surface area contributed by atoms with Crippen molar-refractivity contribution in [2.24, 2.45) is 0 Å². The molecule has 0 bridgehead atoms. The number of carbonyl (C=O) groups excluding carboxylic acids is 2. The molecule has 0 aromatic carbocycles. The number of hydrogen-bond donors (Lipinski definition) is 0. The minimum atomic E-state index is -0.859. The average molecular weight is 173 g/mol. The van der Waals surface area contributed by atoms with Crippen LogP contribution in [0, 0.1) is 0 Å². The van der Waals surface area contributed by atoms with Crippen molar-refractivity contribution in [2.75, 3.05) is 13.7 Å². The zero-order valence-corrected chi connectivity index (χ0v) is 7.07. The fourth-order valence-electron chi connectivity index (χ4n) is 0.501. The zero-order valence-electron chi connectivity index (χ0n) is 7.07. The van der Waals surface area contributed by atoms with Gasteiger partial charge in [-0.25, -0.2) is 4.79 Å². The first-order valence-corrected chi connectivity index (χ1v) is 3.34. The molecular formula is C7H11NO4. The van der Waals surface area contributed by atoms with Gasteiger partial charge in [-0.05, 0) is 13.0 Å². The van der Waals surface area contributed by atoms with Crippen molar-refractivity contribution in [3.05, 3.63) is 12.7 Å². The molecule has 0 rings (SSSR count). The summed E-state index contributed by atoms with van der Waals surface area (Å²) in [6.07, 6.45) is 0.105. The molecule has 0 aromatic heterocycles. The third-order valence-corrected chi connectivity index (χ3v) is 0.973. The predicted octanol–water partition coefficient (Wildman–Crippen LogP) is 0.719. The molecule has 5 nitrogen and oxygen atoms in total. The summed E-state index contributed by atoms with van der Waals surface area (Å²) < 4.78 is 4.28. The second-order valence-electron chi connectivity index (χ2n) is 1.72. The first-order chi connectivity index (χ1) is 5.67. The number of rotatable bonds is 3. The summed E-state index contributed by atoms with van der Waals surface area (Å²) in [5.41, 5.74) is 0. The van der Waals surface area contributed by atoms with E-state index in [1.54, 1.807) is 6.92 Å². The van der Waals surface area contributed by atoms with Crippen LogP contribution in [0.15, 0.2) is 12.7 Å². The van der Waals surface area contributed by atoms with E-state index in [-0.39, 0.29) is 6.61 Å². The van der Waals surface area contributed by atoms with Gasteiger partial charge in [0.25, 0.3) is 5.91 Å². The summed E-state index contributed by atoms with van der Waals surface area (Å²) in [4.78, 5) is 26.4. The van der Waals surface area contributed by atoms with Crippen LogP contribution in [-0.4, -0.2) is 30.8 Å². The van der Waals surface area contributed by atoms with Crippen LogP contribution in [-0.2, 0) is 14.4 Å². The fraction of sp³-hybridized carbons (Fsp3) is 0.429. The van der Waals surface area contributed by atoms with Crippen LogP contribution in [0.2, 0.25) is 0 Å². The summed E-state index contributed by atoms with van der Waals surface area (Å²) in [6.45, 7) is 5.05. The van der Waals surface area contributed by atoms with E-state index in [2.05, 4.69) is 16.2 Å². The van der Waals surface area contributed by atoms with Crippen LogP contribution in [0.5, 0.6) is 0 Å². The Balaban J connectivity index is 4.31. The van der Waals surface area contributed by atoms with Gasteiger partial charge < -0.3 is 4.74 Å². The van der Waals surface area contributed by atoms with Gasteiger partial charge in [0.15, 0.2) is 0 Å². The lowest BCUT2D eigenvalue weighted by molar-refractivity contribution is -0.166. The van der Waals surface area contributed by atoms with Gasteiger partial charge >= 0.3 is 6.09 Å². The molecule has 0 aromatic rings. The Hall–Kier alpha value is -1.36. The van der Waals surface area contributed by atoms with Gasteiger partial charge in [0.1, 0.15) is 0 Å². The van der Waals surface area contributed by atoms with Crippen molar-refractivity contribution in [1.29, 1.82) is 0 Å². The maximum atomic E-state index is 10.9. The Morgan fingerprint density at radius 1 is 1.58 bits per heavy atom. The summed E-state index contributed by atoms with van der Waals surface area (Å²) in [7, 11) is 1.16. The van der Waals surface area contributed by atoms with Crippen molar-refractivity contribution >= 4 is 12.0 Å². The molecule has 0 heterocycles. The second-order valence-corrected chi connectivity index (χ2v) is 1.72. The van der Waals surface area contributed by atoms with Crippen LogP contribution in [0.25, 0.3) is 0 Å². The Morgan fingerprint density at radius 2 is 2.17 bits per heavy atom. The lowest BCUT2D eigenvalue weighted by Crippen LogP contribution is -2.35. The Labute approximate surface area is 70.5 Å². The largest absolute Gasteiger partial charge is 0.451 e. The van der Waals surface area contributed by atoms with Crippen LogP contribution >= 0.6 is 0 Å². The highest BCUT2D eigenvalue weighted by Gasteiger charge is 2.19. The Kier molecular flexibility index (Phi) is 4.71. The van der Waals surface area contributed by atoms with Crippen molar-refractivity contribution in [3.63, 3.8) is 0 Å². The number of amides is 2. The molecule has 2 amide bonds. The quantitative estimate of drug-likeness (QED) is 0.466. The fourth-order valence-corrected chi connectivity index (χ4v) is 0.501. The summed E-state index contributed by atoms with van der Waals surface area (Å²) >= 11 is 0. The molecule has 0 fully saturated rings. The molecule has 0 unspecified atom stereocenters. The molecule has 0 aliphatic rings. The highest BCUT2D eigenvalue weighted by Crippen LogP contribution is 1.96. The molecule has 0 radical (unpaired) electrons. The molecule has 0 saturated heterocycles. The normalized spacial score (nSPS) is 8.83. The SMILES string of the molecule is C=CC(=O)N(OCC)C(=O)OC. The molecular weight excluding hydrogens is 162 g/mol. The maximum Gasteiger partial charge on any atom is 0.441 e. The van der Waals surface area contributed by atoms with Gasteiger partial charge in [-0.15, -0.1) is 5.06 Å². The van der Waals surface area contributed by atoms with E-state index in [1.807, 2.05) is 0 Å². The van der Waals surface area contributed by atoms with Gasteiger partial charge in [-0.2, -0.15) is 0 Å². The highest BCUT2D eigenvalue weighted by atomic mass is 16.7. The van der Waals surface area contributed by atoms with E-state index < -0.39 is 12.0 Å². The summed E-state index contributed by atoms with van der Waals surface area (Å²) in [5, 5.41) is 0.507. The number of methoxy groups -OCH3 is 1. The molecule has 5 heteroatoms. The van der Waals surface area contributed by atoms with Gasteiger partial charge in [0.2, 0.25) is 0 Å². The van der Waals surface area contributed by atoms with Gasteiger partial charge in [-0.1, -0.05) is 6.58 Å². The number of imide groups is 1. The van der Waals surface area contributed by atoms with E-state index in [4.69, 9.17) is 0 Å². The maximum absolute atomic E-state index is 10.9. The van der Waals surface area contributed by atoms with Crippen LogP contribution in [0.3, 0.4) is 0 Å². The lowest BCUT2D eigenvalue weighted by Gasteiger charge is -2.14. The van der Waals surface area contributed by atoms with E-state index in [9.17, 15) is 9.59 Å². The third-order valence-electron chi connectivity index (χ3n) is 0.973. The van der Waals surface area contributed by atoms with Crippen LogP contribution < -0.4 is 0 Å². The zero-order chi connectivity index (χ0) is 9.56. The van der Waals surface area contributed by atoms with Gasteiger partial charge in [0, 0.05) is 0 Å². The topological polar surface area (TPSA) is 55.8 Å². The lowest BCUT2D eigenvalue weighted by atomic mass is 10.6. The summed E-state index contributed by atoms with van der Waals surface area (Å²) in [5.74, 6) is -0.649. The minimum Gasteiger partial charge on any atom is -0.451 e. The first kappa shape index (κ1) is 10.6. The number of hydrogen-bond acceptors (Lipinski definition) is 4. The molecule has 0 N–H and O–H groups in total. The number of carbonyl (C=O) groups is 2. The molecule has 0 aliphatic carbocycles. The minimum absolute atomic E-state index is 0.203. The standard InChI is InChI=1S/C7H11NO4/c1-4-6(9)8(12-5-2)7(10)11-3/h4H,1,5H2,2-3H3. The summed E-state index contributed by atoms with van der Waals surface area (Å²) in [6, 6.07) is 0. The second kappa shape index (κ2) is 5.31. The molecule has 0 spiro atoms. The number of ether oxygens (including phenoxy) is 1. The predicted molar refractivity (Wildman–Crippen MR) is 41.1 cm³/mol. The van der Waals surface area contributed by atoms with Crippen molar-refractivity contribution < 1.29 is 19.2 Å². The molecule has 12 heavy (non-hydrogen) atoms. The van der Waals surface area contributed by atoms with Crippen LogP contribution in [0.1, 0.15) is 6.92 Å². The monoisotopic (exact) mass is 173 g/mol. The first-order valence-electron chi connectivity index (χ1n) is 3.34. The number of nitrogens with zero attached hydrogens (tertiary/aromatic N) is 1. The van der Waals surface area contributed by atoms with Crippen molar-refractivity contribution in [2.45, 2.75) is 6.92 Å². The highest BCUT2D eigenvalue weighted by molar-refractivity contribution is 5.96. The molecule has 68 valence electrons. The van der Waals surface area contributed by atoms with Gasteiger partial charge in [0.05, 0.1) is 13.7 Å². The third kappa shape index (κ3) is 2.71. The molecule has 0 atom stereocenters. The molecule has 0 saturated carbocycles. The van der Waals surface area contributed by atoms with E-state index in [1.165, 1.54) is 0 Å². The van der Waals surface area contributed by atoms with Crippen LogP contribution in [0.4, 0.5) is 4.79 Å². The molecule has 0 aliphatic heterocycles.